The van der Waals surface area contributed by atoms with Gasteiger partial charge in [0.25, 0.3) is 0 Å². The summed E-state index contributed by atoms with van der Waals surface area (Å²) in [7, 11) is 0. The minimum absolute atomic E-state index is 0.147. The van der Waals surface area contributed by atoms with Gasteiger partial charge in [-0.1, -0.05) is 18.2 Å². The van der Waals surface area contributed by atoms with Gasteiger partial charge in [0.2, 0.25) is 0 Å². The fourth-order valence-corrected chi connectivity index (χ4v) is 1.27. The van der Waals surface area contributed by atoms with Crippen molar-refractivity contribution in [1.82, 2.24) is 9.78 Å². The third-order valence-corrected chi connectivity index (χ3v) is 2.00. The lowest BCUT2D eigenvalue weighted by Gasteiger charge is -1.98. The Morgan fingerprint density at radius 2 is 2.07 bits per heavy atom. The molecule has 0 fully saturated rings. The van der Waals surface area contributed by atoms with Gasteiger partial charge in [-0.15, -0.1) is 0 Å². The van der Waals surface area contributed by atoms with E-state index in [1.165, 1.54) is 4.68 Å². The molecule has 0 amide bonds. The molecule has 0 spiro atoms. The molecular weight excluding hydrogens is 190 g/mol. The van der Waals surface area contributed by atoms with E-state index in [4.69, 9.17) is 5.26 Å². The van der Waals surface area contributed by atoms with E-state index in [-0.39, 0.29) is 5.69 Å². The van der Waals surface area contributed by atoms with Crippen molar-refractivity contribution in [1.29, 1.82) is 5.26 Å². The predicted octanol–water partition coefficient (Wildman–Crippen LogP) is 1.56. The first-order chi connectivity index (χ1) is 7.35. The topological polar surface area (TPSA) is 58.7 Å². The average Bonchev–Trinajstić information content (AvgIpc) is 2.73. The van der Waals surface area contributed by atoms with Crippen molar-refractivity contribution in [3.63, 3.8) is 0 Å². The Morgan fingerprint density at radius 1 is 1.33 bits per heavy atom. The van der Waals surface area contributed by atoms with Gasteiger partial charge in [0.15, 0.2) is 12.0 Å². The van der Waals surface area contributed by atoms with Gasteiger partial charge in [-0.3, -0.25) is 4.79 Å². The first-order valence-electron chi connectivity index (χ1n) is 4.35. The predicted molar refractivity (Wildman–Crippen MR) is 53.7 cm³/mol. The summed E-state index contributed by atoms with van der Waals surface area (Å²) in [5.41, 5.74) is 1.28. The van der Waals surface area contributed by atoms with Crippen LogP contribution in [0.4, 0.5) is 0 Å². The highest BCUT2D eigenvalue weighted by atomic mass is 16.1. The summed E-state index contributed by atoms with van der Waals surface area (Å²) in [6, 6.07) is 11.2. The summed E-state index contributed by atoms with van der Waals surface area (Å²) in [5, 5.41) is 12.7. The third kappa shape index (κ3) is 1.63. The maximum atomic E-state index is 10.6. The Labute approximate surface area is 86.4 Å². The van der Waals surface area contributed by atoms with E-state index in [1.807, 2.05) is 36.4 Å². The monoisotopic (exact) mass is 197 g/mol. The lowest BCUT2D eigenvalue weighted by Crippen LogP contribution is -1.93. The van der Waals surface area contributed by atoms with Gasteiger partial charge >= 0.3 is 0 Å². The zero-order valence-corrected chi connectivity index (χ0v) is 7.79. The van der Waals surface area contributed by atoms with E-state index in [0.29, 0.717) is 11.8 Å². The van der Waals surface area contributed by atoms with Crippen LogP contribution in [-0.4, -0.2) is 16.1 Å². The van der Waals surface area contributed by atoms with Gasteiger partial charge in [-0.2, -0.15) is 10.4 Å². The molecule has 2 rings (SSSR count). The Bertz CT molecular complexity index is 523. The molecule has 0 saturated carbocycles. The van der Waals surface area contributed by atoms with Gasteiger partial charge in [0.1, 0.15) is 6.07 Å². The van der Waals surface area contributed by atoms with Gasteiger partial charge in [-0.05, 0) is 12.1 Å². The first kappa shape index (κ1) is 9.16. The molecule has 0 aliphatic carbocycles. The first-order valence-corrected chi connectivity index (χ1v) is 4.35. The van der Waals surface area contributed by atoms with Crippen LogP contribution in [0.15, 0.2) is 36.5 Å². The second-order valence-electron chi connectivity index (χ2n) is 2.94. The summed E-state index contributed by atoms with van der Waals surface area (Å²) >= 11 is 0. The van der Waals surface area contributed by atoms with Crippen LogP contribution in [-0.2, 0) is 0 Å². The number of carbonyl (C=O) groups is 1. The lowest BCUT2D eigenvalue weighted by molar-refractivity contribution is 0.112. The van der Waals surface area contributed by atoms with Gasteiger partial charge in [0, 0.05) is 6.20 Å². The minimum atomic E-state index is 0.147. The number of rotatable bonds is 2. The Kier molecular flexibility index (Phi) is 2.30. The summed E-state index contributed by atoms with van der Waals surface area (Å²) in [4.78, 5) is 10.6. The van der Waals surface area contributed by atoms with Crippen molar-refractivity contribution in [2.75, 3.05) is 0 Å². The number of para-hydroxylation sites is 1. The highest BCUT2D eigenvalue weighted by Gasteiger charge is 2.07. The number of hydrogen-bond donors (Lipinski definition) is 0. The van der Waals surface area contributed by atoms with Crippen LogP contribution in [0.25, 0.3) is 5.69 Å². The fraction of sp³-hybridized carbons (Fsp3) is 0. The molecule has 4 heteroatoms. The smallest absolute Gasteiger partial charge is 0.173 e. The van der Waals surface area contributed by atoms with Crippen molar-refractivity contribution >= 4 is 6.29 Å². The maximum absolute atomic E-state index is 10.6. The summed E-state index contributed by atoms with van der Waals surface area (Å²) < 4.78 is 1.52. The van der Waals surface area contributed by atoms with E-state index in [9.17, 15) is 4.79 Å². The third-order valence-electron chi connectivity index (χ3n) is 2.00. The molecule has 0 radical (unpaired) electrons. The van der Waals surface area contributed by atoms with Crippen molar-refractivity contribution in [2.45, 2.75) is 0 Å². The van der Waals surface area contributed by atoms with E-state index < -0.39 is 0 Å². The van der Waals surface area contributed by atoms with Crippen molar-refractivity contribution < 1.29 is 4.79 Å². The van der Waals surface area contributed by atoms with Crippen LogP contribution in [0.5, 0.6) is 0 Å². The SMILES string of the molecule is N#Cc1nn(-c2ccccc2)cc1C=O. The number of aldehydes is 1. The standard InChI is InChI=1S/C11H7N3O/c12-6-11-9(8-15)7-14(13-11)10-4-2-1-3-5-10/h1-5,7-8H. The molecule has 0 N–H and O–H groups in total. The maximum Gasteiger partial charge on any atom is 0.173 e. The molecule has 1 aromatic carbocycles. The van der Waals surface area contributed by atoms with E-state index in [2.05, 4.69) is 5.10 Å². The molecule has 72 valence electrons. The summed E-state index contributed by atoms with van der Waals surface area (Å²) in [5.74, 6) is 0. The molecule has 0 aliphatic rings. The molecule has 1 aromatic heterocycles. The lowest BCUT2D eigenvalue weighted by atomic mass is 10.3. The van der Waals surface area contributed by atoms with Gasteiger partial charge in [0.05, 0.1) is 11.3 Å². The quantitative estimate of drug-likeness (QED) is 0.686. The van der Waals surface area contributed by atoms with Crippen LogP contribution >= 0.6 is 0 Å². The highest BCUT2D eigenvalue weighted by molar-refractivity contribution is 5.77. The number of nitrogens with zero attached hydrogens (tertiary/aromatic N) is 3. The van der Waals surface area contributed by atoms with E-state index in [0.717, 1.165) is 5.69 Å². The fourth-order valence-electron chi connectivity index (χ4n) is 1.27. The second kappa shape index (κ2) is 3.76. The molecule has 2 aromatic rings. The number of nitriles is 1. The molecule has 0 bridgehead atoms. The van der Waals surface area contributed by atoms with Crippen LogP contribution in [0, 0.1) is 11.3 Å². The normalized spacial score (nSPS) is 9.53. The largest absolute Gasteiger partial charge is 0.298 e. The Balaban J connectivity index is 2.52. The molecule has 0 atom stereocenters. The van der Waals surface area contributed by atoms with E-state index in [1.54, 1.807) is 6.20 Å². The zero-order valence-electron chi connectivity index (χ0n) is 7.79. The van der Waals surface area contributed by atoms with Gasteiger partial charge in [-0.25, -0.2) is 4.68 Å². The van der Waals surface area contributed by atoms with Crippen LogP contribution < -0.4 is 0 Å². The van der Waals surface area contributed by atoms with E-state index >= 15 is 0 Å². The Morgan fingerprint density at radius 3 is 2.60 bits per heavy atom. The zero-order chi connectivity index (χ0) is 10.7. The highest BCUT2D eigenvalue weighted by Crippen LogP contribution is 2.09. The molecular formula is C11H7N3O. The van der Waals surface area contributed by atoms with Crippen molar-refractivity contribution in [2.24, 2.45) is 0 Å². The minimum Gasteiger partial charge on any atom is -0.298 e. The molecule has 0 saturated heterocycles. The number of carbonyl (C=O) groups excluding carboxylic acids is 1. The molecule has 4 nitrogen and oxygen atoms in total. The number of hydrogen-bond acceptors (Lipinski definition) is 3. The summed E-state index contributed by atoms with van der Waals surface area (Å²) in [6.07, 6.45) is 2.17. The molecule has 0 aliphatic heterocycles. The number of aromatic nitrogens is 2. The average molecular weight is 197 g/mol. The molecule has 15 heavy (non-hydrogen) atoms. The van der Waals surface area contributed by atoms with Crippen LogP contribution in [0.1, 0.15) is 16.1 Å². The van der Waals surface area contributed by atoms with Crippen LogP contribution in [0.3, 0.4) is 0 Å². The molecule has 0 unspecified atom stereocenters. The van der Waals surface area contributed by atoms with Gasteiger partial charge < -0.3 is 0 Å². The van der Waals surface area contributed by atoms with Crippen molar-refractivity contribution in [3.05, 3.63) is 47.8 Å². The summed E-state index contributed by atoms with van der Waals surface area (Å²) in [6.45, 7) is 0. The van der Waals surface area contributed by atoms with Crippen LogP contribution in [0.2, 0.25) is 0 Å². The second-order valence-corrected chi connectivity index (χ2v) is 2.94. The Hall–Kier alpha value is -2.41. The number of benzene rings is 1. The van der Waals surface area contributed by atoms with Crippen molar-refractivity contribution in [3.8, 4) is 11.8 Å². The molecule has 1 heterocycles.